The molecule has 0 unspecified atom stereocenters. The molecule has 2 fully saturated rings. The number of likely N-dealkylation sites (N-methyl/N-ethyl adjacent to an activating group) is 1. The topological polar surface area (TPSA) is 181 Å². The Morgan fingerprint density at radius 1 is 1.07 bits per heavy atom. The van der Waals surface area contributed by atoms with E-state index in [0.717, 1.165) is 0 Å². The van der Waals surface area contributed by atoms with E-state index in [9.17, 15) is 35.1 Å². The number of ether oxygens (including phenoxy) is 3. The molecule has 13 nitrogen and oxygen atoms in total. The third kappa shape index (κ3) is 9.28. The van der Waals surface area contributed by atoms with Gasteiger partial charge >= 0.3 is 12.0 Å². The zero-order chi connectivity index (χ0) is 34.6. The molecule has 6 N–H and O–H groups in total. The van der Waals surface area contributed by atoms with E-state index in [4.69, 9.17) is 14.2 Å². The first-order valence-corrected chi connectivity index (χ1v) is 16.4. The Labute approximate surface area is 269 Å². The van der Waals surface area contributed by atoms with E-state index in [0.29, 0.717) is 13.0 Å². The zero-order valence-corrected chi connectivity index (χ0v) is 29.1. The van der Waals surface area contributed by atoms with Gasteiger partial charge in [-0.3, -0.25) is 4.79 Å². The highest BCUT2D eigenvalue weighted by atomic mass is 16.7. The van der Waals surface area contributed by atoms with Crippen molar-refractivity contribution in [3.05, 3.63) is 0 Å². The summed E-state index contributed by atoms with van der Waals surface area (Å²) in [6.07, 6.45) is -6.82. The van der Waals surface area contributed by atoms with Gasteiger partial charge in [0.2, 0.25) is 0 Å². The van der Waals surface area contributed by atoms with Gasteiger partial charge in [0.05, 0.1) is 35.9 Å². The molecule has 264 valence electrons. The van der Waals surface area contributed by atoms with Crippen molar-refractivity contribution < 1.29 is 49.3 Å². The van der Waals surface area contributed by atoms with Gasteiger partial charge in [-0.2, -0.15) is 0 Å². The Balaban J connectivity index is 2.62. The van der Waals surface area contributed by atoms with Gasteiger partial charge < -0.3 is 54.9 Å². The van der Waals surface area contributed by atoms with Crippen LogP contribution in [-0.2, 0) is 19.0 Å². The number of cyclic esters (lactones) is 1. The fourth-order valence-corrected chi connectivity index (χ4v) is 7.03. The van der Waals surface area contributed by atoms with Gasteiger partial charge in [0.15, 0.2) is 6.29 Å². The smallest absolute Gasteiger partial charge is 0.317 e. The molecule has 0 bridgehead atoms. The van der Waals surface area contributed by atoms with Crippen LogP contribution in [0.5, 0.6) is 0 Å². The Hall–Kier alpha value is -1.58. The van der Waals surface area contributed by atoms with Crippen LogP contribution in [0, 0.1) is 17.8 Å². The number of hydrogen-bond donors (Lipinski definition) is 6. The second-order valence-corrected chi connectivity index (χ2v) is 14.2. The van der Waals surface area contributed by atoms with Crippen molar-refractivity contribution in [1.82, 2.24) is 15.1 Å². The summed E-state index contributed by atoms with van der Waals surface area (Å²) in [6, 6.07) is -1.66. The van der Waals surface area contributed by atoms with Crippen molar-refractivity contribution in [2.24, 2.45) is 17.8 Å². The lowest BCUT2D eigenvalue weighted by molar-refractivity contribution is -0.299. The molecule has 0 aromatic carbocycles. The summed E-state index contributed by atoms with van der Waals surface area (Å²) in [5.41, 5.74) is -3.59. The van der Waals surface area contributed by atoms with Crippen LogP contribution in [0.1, 0.15) is 81.6 Å². The van der Waals surface area contributed by atoms with E-state index >= 15 is 0 Å². The van der Waals surface area contributed by atoms with E-state index in [1.165, 1.54) is 18.7 Å². The van der Waals surface area contributed by atoms with Crippen molar-refractivity contribution in [2.45, 2.75) is 148 Å². The van der Waals surface area contributed by atoms with Gasteiger partial charge in [-0.25, -0.2) is 4.79 Å². The summed E-state index contributed by atoms with van der Waals surface area (Å²) in [5, 5.41) is 60.5. The van der Waals surface area contributed by atoms with Crippen LogP contribution in [-0.4, -0.2) is 141 Å². The fraction of sp³-hybridized carbons (Fsp3) is 0.938. The molecule has 0 aromatic rings. The number of amides is 2. The average Bonchev–Trinajstić information content (AvgIpc) is 2.95. The first kappa shape index (κ1) is 39.6. The number of esters is 1. The van der Waals surface area contributed by atoms with Crippen LogP contribution in [0.4, 0.5) is 4.79 Å². The molecule has 0 saturated carbocycles. The molecule has 0 radical (unpaired) electrons. The number of aliphatic hydroxyl groups excluding tert-OH is 3. The maximum absolute atomic E-state index is 13.4. The van der Waals surface area contributed by atoms with Gasteiger partial charge in [-0.15, -0.1) is 0 Å². The first-order valence-electron chi connectivity index (χ1n) is 16.4. The van der Waals surface area contributed by atoms with Gasteiger partial charge in [-0.1, -0.05) is 20.8 Å². The molecular weight excluding hydrogens is 586 g/mol. The van der Waals surface area contributed by atoms with Crippen molar-refractivity contribution in [2.75, 3.05) is 27.2 Å². The number of nitrogens with one attached hydrogen (secondary N) is 1. The van der Waals surface area contributed by atoms with Crippen LogP contribution >= 0.6 is 0 Å². The monoisotopic (exact) mass is 647 g/mol. The van der Waals surface area contributed by atoms with E-state index in [-0.39, 0.29) is 37.5 Å². The number of aliphatic hydroxyl groups is 5. The molecule has 2 aliphatic rings. The number of rotatable bonds is 5. The fourth-order valence-electron chi connectivity index (χ4n) is 7.03. The Kier molecular flexibility index (Phi) is 14.1. The lowest BCUT2D eigenvalue weighted by atomic mass is 9.78. The average molecular weight is 648 g/mol. The summed E-state index contributed by atoms with van der Waals surface area (Å²) in [6.45, 7) is 15.3. The van der Waals surface area contributed by atoms with Gasteiger partial charge in [0.1, 0.15) is 23.9 Å². The lowest BCUT2D eigenvalue weighted by Gasteiger charge is -2.46. The Morgan fingerprint density at radius 2 is 1.67 bits per heavy atom. The minimum Gasteiger partial charge on any atom is -0.459 e. The third-order valence-electron chi connectivity index (χ3n) is 9.76. The molecule has 2 heterocycles. The number of nitrogens with zero attached hydrogens (tertiary/aromatic N) is 2. The SMILES string of the molecule is CCNC(=O)N1C[C@H](C)C[C@@](C)(O)[C@H](O[C@@H]2O[C@H](C)C[C@H](N(C)C)[C@H]2O)[C@@H](C)[C@H](O)[C@@H](C)C(=O)O[C@H](CC)[C@@](C)(O)[C@H](O)[C@H]1C. The van der Waals surface area contributed by atoms with Crippen molar-refractivity contribution in [1.29, 1.82) is 0 Å². The highest BCUT2D eigenvalue weighted by Crippen LogP contribution is 2.36. The van der Waals surface area contributed by atoms with E-state index < -0.39 is 77.9 Å². The van der Waals surface area contributed by atoms with Gasteiger partial charge in [-0.05, 0) is 80.8 Å². The minimum absolute atomic E-state index is 0.0791. The van der Waals surface area contributed by atoms with Crippen molar-refractivity contribution >= 4 is 12.0 Å². The second kappa shape index (κ2) is 16.0. The normalized spacial score (nSPS) is 44.6. The van der Waals surface area contributed by atoms with E-state index in [1.54, 1.807) is 34.6 Å². The van der Waals surface area contributed by atoms with Crippen LogP contribution in [0.3, 0.4) is 0 Å². The summed E-state index contributed by atoms with van der Waals surface area (Å²) in [5.74, 6) is -3.15. The molecule has 0 aliphatic carbocycles. The molecule has 45 heavy (non-hydrogen) atoms. The maximum Gasteiger partial charge on any atom is 0.317 e. The van der Waals surface area contributed by atoms with Crippen LogP contribution in [0.25, 0.3) is 0 Å². The number of urea groups is 1. The molecule has 2 saturated heterocycles. The maximum atomic E-state index is 13.4. The van der Waals surface area contributed by atoms with Crippen molar-refractivity contribution in [3.8, 4) is 0 Å². The molecule has 13 heteroatoms. The molecule has 0 aromatic heterocycles. The molecule has 0 spiro atoms. The summed E-state index contributed by atoms with van der Waals surface area (Å²) in [4.78, 5) is 30.0. The zero-order valence-electron chi connectivity index (χ0n) is 29.1. The predicted molar refractivity (Wildman–Crippen MR) is 168 cm³/mol. The van der Waals surface area contributed by atoms with Crippen LogP contribution < -0.4 is 5.32 Å². The molecule has 14 atom stereocenters. The van der Waals surface area contributed by atoms with E-state index in [2.05, 4.69) is 5.32 Å². The quantitative estimate of drug-likeness (QED) is 0.235. The number of carbonyl (C=O) groups is 2. The van der Waals surface area contributed by atoms with E-state index in [1.807, 2.05) is 32.8 Å². The second-order valence-electron chi connectivity index (χ2n) is 14.2. The largest absolute Gasteiger partial charge is 0.459 e. The Bertz CT molecular complexity index is 965. The summed E-state index contributed by atoms with van der Waals surface area (Å²) in [7, 11) is 3.70. The molecule has 2 aliphatic heterocycles. The van der Waals surface area contributed by atoms with Crippen molar-refractivity contribution in [3.63, 3.8) is 0 Å². The highest BCUT2D eigenvalue weighted by Gasteiger charge is 2.50. The summed E-state index contributed by atoms with van der Waals surface area (Å²) < 4.78 is 18.1. The minimum atomic E-state index is -1.94. The van der Waals surface area contributed by atoms with Gasteiger partial charge in [0, 0.05) is 25.0 Å². The lowest BCUT2D eigenvalue weighted by Crippen LogP contribution is -2.61. The van der Waals surface area contributed by atoms with Crippen LogP contribution in [0.2, 0.25) is 0 Å². The number of hydrogen-bond acceptors (Lipinski definition) is 11. The van der Waals surface area contributed by atoms with Gasteiger partial charge in [0.25, 0.3) is 0 Å². The highest BCUT2D eigenvalue weighted by molar-refractivity contribution is 5.74. The molecule has 2 rings (SSSR count). The summed E-state index contributed by atoms with van der Waals surface area (Å²) >= 11 is 0. The molecule has 2 amide bonds. The first-order chi connectivity index (χ1) is 20.7. The predicted octanol–water partition coefficient (Wildman–Crippen LogP) is 1.08. The Morgan fingerprint density at radius 3 is 2.20 bits per heavy atom. The standard InChI is InChI=1S/C32H61N3O10/c1-12-23-32(9,42)26(38)21(7)35(30(40)33-13-2)16-17(3)15-31(8,41)27(19(5)24(36)20(6)28(39)44-23)45-29-25(37)22(34(10)11)14-18(4)43-29/h17-27,29,36-38,41-42H,12-16H2,1-11H3,(H,33,40)/t17-,18-,19+,20-,21-,22+,23-,24+,25-,26-,27-,29+,31-,32-/m1/s1. The third-order valence-corrected chi connectivity index (χ3v) is 9.76. The molecular formula is C32H61N3O10. The van der Waals surface area contributed by atoms with Crippen LogP contribution in [0.15, 0.2) is 0 Å². The number of carbonyl (C=O) groups excluding carboxylic acids is 2.